The zero-order valence-corrected chi connectivity index (χ0v) is 15.1. The summed E-state index contributed by atoms with van der Waals surface area (Å²) in [6.45, 7) is 7.76. The van der Waals surface area contributed by atoms with Gasteiger partial charge in [0.1, 0.15) is 5.75 Å². The molecule has 24 heavy (non-hydrogen) atoms. The van der Waals surface area contributed by atoms with Crippen LogP contribution in [-0.4, -0.2) is 13.1 Å². The molecule has 3 nitrogen and oxygen atoms in total. The number of methoxy groups -OCH3 is 1. The quantitative estimate of drug-likeness (QED) is 0.705. The fraction of sp³-hybridized carbons (Fsp3) is 0.381. The second-order valence-corrected chi connectivity index (χ2v) is 6.75. The Morgan fingerprint density at radius 2 is 1.46 bits per heavy atom. The van der Waals surface area contributed by atoms with Gasteiger partial charge in [-0.05, 0) is 44.9 Å². The normalized spacial score (nSPS) is 13.9. The van der Waals surface area contributed by atoms with Crippen molar-refractivity contribution in [1.29, 1.82) is 0 Å². The maximum Gasteiger partial charge on any atom is 0.312 e. The maximum atomic E-state index is 12.7. The molecular formula is C21H26O3. The van der Waals surface area contributed by atoms with Gasteiger partial charge in [0, 0.05) is 5.56 Å². The summed E-state index contributed by atoms with van der Waals surface area (Å²) >= 11 is 0. The standard InChI is InChI=1S/C21H26O3/c1-6-20(2,3)19(22)24-21(4,16-10-8-7-9-11-16)17-12-14-18(23-5)15-13-17/h7-15H,6H2,1-5H3. The zero-order valence-electron chi connectivity index (χ0n) is 15.1. The molecule has 1 unspecified atom stereocenters. The van der Waals surface area contributed by atoms with Crippen molar-refractivity contribution >= 4 is 5.97 Å². The van der Waals surface area contributed by atoms with Gasteiger partial charge in [-0.15, -0.1) is 0 Å². The Morgan fingerprint density at radius 1 is 0.917 bits per heavy atom. The third-order valence-electron chi connectivity index (χ3n) is 4.70. The lowest BCUT2D eigenvalue weighted by molar-refractivity contribution is -0.166. The Balaban J connectivity index is 2.47. The minimum Gasteiger partial charge on any atom is -0.497 e. The van der Waals surface area contributed by atoms with Gasteiger partial charge in [0.05, 0.1) is 12.5 Å². The lowest BCUT2D eigenvalue weighted by Crippen LogP contribution is -2.36. The van der Waals surface area contributed by atoms with Crippen molar-refractivity contribution < 1.29 is 14.3 Å². The van der Waals surface area contributed by atoms with Gasteiger partial charge in [-0.1, -0.05) is 49.4 Å². The highest BCUT2D eigenvalue weighted by Gasteiger charge is 2.38. The predicted octanol–water partition coefficient (Wildman–Crippen LogP) is 4.94. The first-order valence-corrected chi connectivity index (χ1v) is 8.27. The predicted molar refractivity (Wildman–Crippen MR) is 96.1 cm³/mol. The van der Waals surface area contributed by atoms with Crippen LogP contribution in [0.15, 0.2) is 54.6 Å². The van der Waals surface area contributed by atoms with Gasteiger partial charge in [0.2, 0.25) is 0 Å². The Hall–Kier alpha value is -2.29. The van der Waals surface area contributed by atoms with Crippen molar-refractivity contribution in [2.24, 2.45) is 5.41 Å². The smallest absolute Gasteiger partial charge is 0.312 e. The van der Waals surface area contributed by atoms with Crippen molar-refractivity contribution in [2.75, 3.05) is 7.11 Å². The summed E-state index contributed by atoms with van der Waals surface area (Å²) in [5.41, 5.74) is 0.477. The molecule has 0 amide bonds. The summed E-state index contributed by atoms with van der Waals surface area (Å²) < 4.78 is 11.3. The monoisotopic (exact) mass is 326 g/mol. The molecule has 0 fully saturated rings. The van der Waals surface area contributed by atoms with E-state index in [9.17, 15) is 4.79 Å². The Kier molecular flexibility index (Phi) is 5.33. The maximum absolute atomic E-state index is 12.7. The summed E-state index contributed by atoms with van der Waals surface area (Å²) in [6.07, 6.45) is 0.722. The number of benzene rings is 2. The van der Waals surface area contributed by atoms with E-state index >= 15 is 0 Å². The van der Waals surface area contributed by atoms with E-state index in [0.717, 1.165) is 23.3 Å². The first-order chi connectivity index (χ1) is 11.3. The van der Waals surface area contributed by atoms with Crippen LogP contribution in [0.25, 0.3) is 0 Å². The zero-order chi connectivity index (χ0) is 17.8. The SMILES string of the molecule is CCC(C)(C)C(=O)OC(C)(c1ccccc1)c1ccc(OC)cc1. The molecular weight excluding hydrogens is 300 g/mol. The summed E-state index contributed by atoms with van der Waals surface area (Å²) in [7, 11) is 1.63. The first-order valence-electron chi connectivity index (χ1n) is 8.27. The van der Waals surface area contributed by atoms with E-state index in [-0.39, 0.29) is 5.97 Å². The summed E-state index contributed by atoms with van der Waals surface area (Å²) in [5, 5.41) is 0. The second kappa shape index (κ2) is 7.08. The van der Waals surface area contributed by atoms with E-state index in [4.69, 9.17) is 9.47 Å². The van der Waals surface area contributed by atoms with Crippen LogP contribution in [-0.2, 0) is 15.1 Å². The molecule has 0 heterocycles. The Labute approximate surface area is 144 Å². The largest absolute Gasteiger partial charge is 0.497 e. The van der Waals surface area contributed by atoms with Crippen LogP contribution in [0.1, 0.15) is 45.2 Å². The third kappa shape index (κ3) is 3.61. The van der Waals surface area contributed by atoms with Crippen LogP contribution in [0.2, 0.25) is 0 Å². The van der Waals surface area contributed by atoms with Crippen LogP contribution >= 0.6 is 0 Å². The van der Waals surface area contributed by atoms with Crippen molar-refractivity contribution in [1.82, 2.24) is 0 Å². The molecule has 0 saturated carbocycles. The molecule has 0 radical (unpaired) electrons. The fourth-order valence-corrected chi connectivity index (χ4v) is 2.42. The molecule has 0 spiro atoms. The summed E-state index contributed by atoms with van der Waals surface area (Å²) in [4.78, 5) is 12.7. The van der Waals surface area contributed by atoms with E-state index in [1.165, 1.54) is 0 Å². The molecule has 0 aliphatic carbocycles. The molecule has 2 aromatic carbocycles. The molecule has 0 aliphatic heterocycles. The number of carbonyl (C=O) groups excluding carboxylic acids is 1. The minimum atomic E-state index is -0.850. The van der Waals surface area contributed by atoms with Crippen molar-refractivity contribution in [3.63, 3.8) is 0 Å². The van der Waals surface area contributed by atoms with Gasteiger partial charge in [0.15, 0.2) is 5.60 Å². The molecule has 0 aliphatic rings. The first kappa shape index (κ1) is 18.1. The van der Waals surface area contributed by atoms with Gasteiger partial charge in [-0.25, -0.2) is 0 Å². The molecule has 0 N–H and O–H groups in total. The van der Waals surface area contributed by atoms with Gasteiger partial charge in [0.25, 0.3) is 0 Å². The molecule has 3 heteroatoms. The number of rotatable bonds is 6. The molecule has 1 atom stereocenters. The molecule has 0 saturated heterocycles. The van der Waals surface area contributed by atoms with E-state index in [0.29, 0.717) is 0 Å². The van der Waals surface area contributed by atoms with Crippen LogP contribution in [0, 0.1) is 5.41 Å². The average molecular weight is 326 g/mol. The average Bonchev–Trinajstić information content (AvgIpc) is 2.62. The van der Waals surface area contributed by atoms with E-state index in [2.05, 4.69) is 0 Å². The highest BCUT2D eigenvalue weighted by molar-refractivity contribution is 5.76. The van der Waals surface area contributed by atoms with E-state index in [1.807, 2.05) is 82.3 Å². The summed E-state index contributed by atoms with van der Waals surface area (Å²) in [5.74, 6) is 0.571. The van der Waals surface area contributed by atoms with Crippen LogP contribution in [0.5, 0.6) is 5.75 Å². The lowest BCUT2D eigenvalue weighted by Gasteiger charge is -2.34. The van der Waals surface area contributed by atoms with Crippen LogP contribution in [0.3, 0.4) is 0 Å². The topological polar surface area (TPSA) is 35.5 Å². The molecule has 0 aromatic heterocycles. The van der Waals surface area contributed by atoms with Crippen molar-refractivity contribution in [3.05, 3.63) is 65.7 Å². The number of ether oxygens (including phenoxy) is 2. The number of hydrogen-bond acceptors (Lipinski definition) is 3. The third-order valence-corrected chi connectivity index (χ3v) is 4.70. The van der Waals surface area contributed by atoms with Gasteiger partial charge in [-0.2, -0.15) is 0 Å². The molecule has 2 rings (SSSR count). The highest BCUT2D eigenvalue weighted by Crippen LogP contribution is 2.37. The molecule has 2 aromatic rings. The molecule has 128 valence electrons. The van der Waals surface area contributed by atoms with Gasteiger partial charge in [-0.3, -0.25) is 4.79 Å². The van der Waals surface area contributed by atoms with E-state index < -0.39 is 11.0 Å². The van der Waals surface area contributed by atoms with E-state index in [1.54, 1.807) is 7.11 Å². The second-order valence-electron chi connectivity index (χ2n) is 6.75. The molecule has 0 bridgehead atoms. The number of hydrogen-bond donors (Lipinski definition) is 0. The van der Waals surface area contributed by atoms with Gasteiger partial charge < -0.3 is 9.47 Å². The number of carbonyl (C=O) groups is 1. The Bertz CT molecular complexity index is 674. The van der Waals surface area contributed by atoms with Crippen molar-refractivity contribution in [2.45, 2.75) is 39.7 Å². The van der Waals surface area contributed by atoms with Crippen molar-refractivity contribution in [3.8, 4) is 5.75 Å². The van der Waals surface area contributed by atoms with Crippen LogP contribution < -0.4 is 4.74 Å². The Morgan fingerprint density at radius 3 is 1.96 bits per heavy atom. The number of esters is 1. The van der Waals surface area contributed by atoms with Crippen LogP contribution in [0.4, 0.5) is 0 Å². The van der Waals surface area contributed by atoms with Gasteiger partial charge >= 0.3 is 5.97 Å². The minimum absolute atomic E-state index is 0.202. The lowest BCUT2D eigenvalue weighted by atomic mass is 9.86. The highest BCUT2D eigenvalue weighted by atomic mass is 16.6. The summed E-state index contributed by atoms with van der Waals surface area (Å²) in [6, 6.07) is 17.5. The fourth-order valence-electron chi connectivity index (χ4n) is 2.42.